The summed E-state index contributed by atoms with van der Waals surface area (Å²) in [6, 6.07) is 5.84. The molecule has 0 aromatic heterocycles. The van der Waals surface area contributed by atoms with Crippen LogP contribution in [0.15, 0.2) is 18.2 Å². The Labute approximate surface area is 114 Å². The van der Waals surface area contributed by atoms with Crippen LogP contribution in [0, 0.1) is 5.92 Å². The zero-order valence-electron chi connectivity index (χ0n) is 10.4. The molecule has 0 radical (unpaired) electrons. The average molecular weight is 272 g/mol. The molecule has 94 valence electrons. The van der Waals surface area contributed by atoms with E-state index in [0.717, 1.165) is 23.0 Å². The van der Waals surface area contributed by atoms with Gasteiger partial charge >= 0.3 is 0 Å². The zero-order chi connectivity index (χ0) is 12.5. The van der Waals surface area contributed by atoms with Crippen molar-refractivity contribution >= 4 is 23.2 Å². The third-order valence-corrected chi connectivity index (χ3v) is 4.26. The van der Waals surface area contributed by atoms with E-state index in [1.165, 1.54) is 18.4 Å². The highest BCUT2D eigenvalue weighted by Gasteiger charge is 2.36. The maximum absolute atomic E-state index is 6.06. The minimum atomic E-state index is 0.216. The van der Waals surface area contributed by atoms with Crippen molar-refractivity contribution in [2.45, 2.75) is 38.6 Å². The van der Waals surface area contributed by atoms with Crippen LogP contribution in [0.4, 0.5) is 0 Å². The highest BCUT2D eigenvalue weighted by atomic mass is 35.5. The van der Waals surface area contributed by atoms with Crippen LogP contribution >= 0.6 is 23.2 Å². The first kappa shape index (κ1) is 13.2. The topological polar surface area (TPSA) is 12.0 Å². The molecule has 1 saturated heterocycles. The minimum Gasteiger partial charge on any atom is -0.311 e. The van der Waals surface area contributed by atoms with Crippen LogP contribution in [0.3, 0.4) is 0 Å². The highest BCUT2D eigenvalue weighted by Crippen LogP contribution is 2.32. The molecule has 0 saturated carbocycles. The molecule has 0 spiro atoms. The molecule has 1 aromatic carbocycles. The quantitative estimate of drug-likeness (QED) is 0.864. The van der Waals surface area contributed by atoms with Gasteiger partial charge in [-0.3, -0.25) is 0 Å². The van der Waals surface area contributed by atoms with E-state index in [1.807, 2.05) is 12.1 Å². The fourth-order valence-corrected chi connectivity index (χ4v) is 3.33. The highest BCUT2D eigenvalue weighted by molar-refractivity contribution is 6.34. The molecular formula is C14H19Cl2N. The van der Waals surface area contributed by atoms with Crippen molar-refractivity contribution < 1.29 is 0 Å². The van der Waals surface area contributed by atoms with Crippen LogP contribution in [0.25, 0.3) is 0 Å². The first-order valence-corrected chi connectivity index (χ1v) is 6.97. The van der Waals surface area contributed by atoms with Gasteiger partial charge in [0.2, 0.25) is 0 Å². The number of nitrogens with one attached hydrogen (secondary N) is 1. The lowest BCUT2D eigenvalue weighted by atomic mass is 9.80. The van der Waals surface area contributed by atoms with Crippen LogP contribution in [0.1, 0.15) is 32.3 Å². The lowest BCUT2D eigenvalue weighted by Gasteiger charge is -2.34. The summed E-state index contributed by atoms with van der Waals surface area (Å²) < 4.78 is 0. The first-order valence-electron chi connectivity index (χ1n) is 6.22. The molecule has 1 aliphatic rings. The second-order valence-electron chi connectivity index (χ2n) is 5.30. The lowest BCUT2D eigenvalue weighted by molar-refractivity contribution is 0.269. The SMILES string of the molecule is CC(C)C1(Cc2cc(Cl)cc(Cl)c2)CCCN1. The molecule has 1 aromatic rings. The summed E-state index contributed by atoms with van der Waals surface area (Å²) in [6.07, 6.45) is 3.49. The van der Waals surface area contributed by atoms with E-state index >= 15 is 0 Å². The standard InChI is InChI=1S/C14H19Cl2N/c1-10(2)14(4-3-5-17-14)9-11-6-12(15)8-13(16)7-11/h6-8,10,17H,3-5,9H2,1-2H3. The van der Waals surface area contributed by atoms with Gasteiger partial charge in [0.05, 0.1) is 0 Å². The molecule has 1 heterocycles. The van der Waals surface area contributed by atoms with E-state index in [4.69, 9.17) is 23.2 Å². The molecule has 17 heavy (non-hydrogen) atoms. The van der Waals surface area contributed by atoms with Crippen LogP contribution in [-0.4, -0.2) is 12.1 Å². The second kappa shape index (κ2) is 5.17. The Morgan fingerprint density at radius 1 is 1.24 bits per heavy atom. The van der Waals surface area contributed by atoms with Crippen LogP contribution < -0.4 is 5.32 Å². The van der Waals surface area contributed by atoms with Crippen molar-refractivity contribution in [3.8, 4) is 0 Å². The van der Waals surface area contributed by atoms with Crippen molar-refractivity contribution in [1.29, 1.82) is 0 Å². The molecule has 3 heteroatoms. The lowest BCUT2D eigenvalue weighted by Crippen LogP contribution is -2.46. The number of hydrogen-bond donors (Lipinski definition) is 1. The first-order chi connectivity index (χ1) is 8.02. The molecular weight excluding hydrogens is 253 g/mol. The summed E-state index contributed by atoms with van der Waals surface area (Å²) in [5, 5.41) is 5.12. The third-order valence-electron chi connectivity index (χ3n) is 3.82. The maximum atomic E-state index is 6.06. The summed E-state index contributed by atoms with van der Waals surface area (Å²) in [4.78, 5) is 0. The van der Waals surface area contributed by atoms with E-state index in [-0.39, 0.29) is 5.54 Å². The summed E-state index contributed by atoms with van der Waals surface area (Å²) in [5.41, 5.74) is 1.44. The molecule has 0 amide bonds. The van der Waals surface area contributed by atoms with E-state index in [2.05, 4.69) is 19.2 Å². The summed E-state index contributed by atoms with van der Waals surface area (Å²) >= 11 is 12.1. The maximum Gasteiger partial charge on any atom is 0.0423 e. The second-order valence-corrected chi connectivity index (χ2v) is 6.17. The monoisotopic (exact) mass is 271 g/mol. The molecule has 0 aliphatic carbocycles. The van der Waals surface area contributed by atoms with Gasteiger partial charge in [-0.25, -0.2) is 0 Å². The van der Waals surface area contributed by atoms with Gasteiger partial charge in [-0.15, -0.1) is 0 Å². The largest absolute Gasteiger partial charge is 0.311 e. The van der Waals surface area contributed by atoms with Gasteiger partial charge in [-0.1, -0.05) is 37.0 Å². The van der Waals surface area contributed by atoms with E-state index < -0.39 is 0 Å². The number of rotatable bonds is 3. The van der Waals surface area contributed by atoms with Crippen LogP contribution in [-0.2, 0) is 6.42 Å². The predicted molar refractivity (Wildman–Crippen MR) is 75.0 cm³/mol. The normalized spacial score (nSPS) is 24.5. The van der Waals surface area contributed by atoms with Gasteiger partial charge in [0.15, 0.2) is 0 Å². The van der Waals surface area contributed by atoms with Gasteiger partial charge in [-0.05, 0) is 55.5 Å². The van der Waals surface area contributed by atoms with Gasteiger partial charge in [0, 0.05) is 15.6 Å². The number of benzene rings is 1. The minimum absolute atomic E-state index is 0.216. The van der Waals surface area contributed by atoms with Crippen molar-refractivity contribution in [3.63, 3.8) is 0 Å². The molecule has 1 nitrogen and oxygen atoms in total. The molecule has 1 N–H and O–H groups in total. The smallest absolute Gasteiger partial charge is 0.0423 e. The third kappa shape index (κ3) is 2.96. The Balaban J connectivity index is 2.23. The van der Waals surface area contributed by atoms with Gasteiger partial charge in [0.25, 0.3) is 0 Å². The molecule has 2 rings (SSSR count). The molecule has 1 aliphatic heterocycles. The Bertz CT molecular complexity index is 375. The van der Waals surface area contributed by atoms with E-state index in [1.54, 1.807) is 6.07 Å². The number of halogens is 2. The average Bonchev–Trinajstić information content (AvgIpc) is 2.65. The Kier molecular flexibility index (Phi) is 4.02. The number of hydrogen-bond acceptors (Lipinski definition) is 1. The van der Waals surface area contributed by atoms with Crippen molar-refractivity contribution in [1.82, 2.24) is 5.32 Å². The summed E-state index contributed by atoms with van der Waals surface area (Å²) in [6.45, 7) is 5.68. The molecule has 1 atom stereocenters. The fraction of sp³-hybridized carbons (Fsp3) is 0.571. The molecule has 1 fully saturated rings. The van der Waals surface area contributed by atoms with Gasteiger partial charge < -0.3 is 5.32 Å². The fourth-order valence-electron chi connectivity index (χ4n) is 2.75. The zero-order valence-corrected chi connectivity index (χ0v) is 11.9. The van der Waals surface area contributed by atoms with Crippen LogP contribution in [0.2, 0.25) is 10.0 Å². The van der Waals surface area contributed by atoms with Gasteiger partial charge in [-0.2, -0.15) is 0 Å². The van der Waals surface area contributed by atoms with Crippen molar-refractivity contribution in [3.05, 3.63) is 33.8 Å². The Hall–Kier alpha value is -0.240. The Morgan fingerprint density at radius 2 is 1.88 bits per heavy atom. The van der Waals surface area contributed by atoms with Crippen LogP contribution in [0.5, 0.6) is 0 Å². The van der Waals surface area contributed by atoms with Gasteiger partial charge in [0.1, 0.15) is 0 Å². The van der Waals surface area contributed by atoms with E-state index in [9.17, 15) is 0 Å². The Morgan fingerprint density at radius 3 is 2.35 bits per heavy atom. The summed E-state index contributed by atoms with van der Waals surface area (Å²) in [5.74, 6) is 0.614. The predicted octanol–water partition coefficient (Wildman–Crippen LogP) is 4.31. The van der Waals surface area contributed by atoms with E-state index in [0.29, 0.717) is 5.92 Å². The van der Waals surface area contributed by atoms with Crippen molar-refractivity contribution in [2.24, 2.45) is 5.92 Å². The summed E-state index contributed by atoms with van der Waals surface area (Å²) in [7, 11) is 0. The van der Waals surface area contributed by atoms with Crippen molar-refractivity contribution in [2.75, 3.05) is 6.54 Å². The molecule has 1 unspecified atom stereocenters. The molecule has 0 bridgehead atoms.